The third-order valence-corrected chi connectivity index (χ3v) is 7.83. The Morgan fingerprint density at radius 3 is 2.46 bits per heavy atom. The van der Waals surface area contributed by atoms with Crippen LogP contribution < -0.4 is 10.2 Å². The van der Waals surface area contributed by atoms with Crippen LogP contribution >= 0.6 is 0 Å². The van der Waals surface area contributed by atoms with E-state index in [0.29, 0.717) is 17.7 Å². The second kappa shape index (κ2) is 9.00. The van der Waals surface area contributed by atoms with Crippen LogP contribution in [0.2, 0.25) is 0 Å². The SMILES string of the molecule is O=C1NC(=O)C2=C1c1cn(c3ccccc13)CCCCC(O)CCCCN1CC2c2ccccc21. The summed E-state index contributed by atoms with van der Waals surface area (Å²) in [5.74, 6) is -0.731. The molecule has 2 aromatic carbocycles. The molecule has 0 saturated heterocycles. The van der Waals surface area contributed by atoms with Gasteiger partial charge in [0.05, 0.1) is 11.7 Å². The fraction of sp³-hybridized carbons (Fsp3) is 0.379. The summed E-state index contributed by atoms with van der Waals surface area (Å²) in [5, 5.41) is 14.1. The first kappa shape index (κ1) is 22.1. The summed E-state index contributed by atoms with van der Waals surface area (Å²) < 4.78 is 2.20. The number of nitrogens with one attached hydrogen (secondary N) is 1. The number of carbonyl (C=O) groups is 2. The van der Waals surface area contributed by atoms with Gasteiger partial charge in [-0.05, 0) is 56.2 Å². The van der Waals surface area contributed by atoms with Crippen LogP contribution in [0.1, 0.15) is 55.6 Å². The maximum Gasteiger partial charge on any atom is 0.259 e. The number of aromatic nitrogens is 1. The van der Waals surface area contributed by atoms with Gasteiger partial charge in [-0.3, -0.25) is 14.9 Å². The Kier molecular flexibility index (Phi) is 5.69. The minimum absolute atomic E-state index is 0.156. The molecule has 2 N–H and O–H groups in total. The van der Waals surface area contributed by atoms with Crippen LogP contribution in [0.25, 0.3) is 16.5 Å². The van der Waals surface area contributed by atoms with Crippen LogP contribution in [0.15, 0.2) is 60.3 Å². The minimum Gasteiger partial charge on any atom is -0.393 e. The quantitative estimate of drug-likeness (QED) is 0.480. The van der Waals surface area contributed by atoms with Gasteiger partial charge in [0.15, 0.2) is 0 Å². The zero-order chi connectivity index (χ0) is 23.9. The van der Waals surface area contributed by atoms with Crippen molar-refractivity contribution in [2.24, 2.45) is 0 Å². The molecule has 0 fully saturated rings. The molecule has 1 aromatic heterocycles. The number of benzene rings is 2. The number of hydrogen-bond donors (Lipinski definition) is 2. The topological polar surface area (TPSA) is 74.6 Å². The number of anilines is 1. The van der Waals surface area contributed by atoms with Crippen molar-refractivity contribution in [3.05, 3.63) is 71.4 Å². The van der Waals surface area contributed by atoms with Crippen molar-refractivity contribution >= 4 is 34.0 Å². The Labute approximate surface area is 205 Å². The number of amides is 2. The molecule has 0 radical (unpaired) electrons. The number of aliphatic hydroxyl groups is 1. The van der Waals surface area contributed by atoms with E-state index in [0.717, 1.165) is 79.3 Å². The van der Waals surface area contributed by atoms with E-state index in [1.165, 1.54) is 0 Å². The number of aliphatic hydroxyl groups excluding tert-OH is 1. The van der Waals surface area contributed by atoms with Crippen LogP contribution in [0.3, 0.4) is 0 Å². The Balaban J connectivity index is 1.52. The third kappa shape index (κ3) is 3.86. The average Bonchev–Trinajstić information content (AvgIpc) is 3.50. The van der Waals surface area contributed by atoms with Gasteiger partial charge in [-0.1, -0.05) is 36.4 Å². The van der Waals surface area contributed by atoms with Crippen LogP contribution in [0.4, 0.5) is 5.69 Å². The molecule has 2 unspecified atom stereocenters. The summed E-state index contributed by atoms with van der Waals surface area (Å²) in [6.07, 6.45) is 7.30. The molecule has 3 aliphatic rings. The number of aryl methyl sites for hydroxylation is 1. The largest absolute Gasteiger partial charge is 0.393 e. The monoisotopic (exact) mass is 469 g/mol. The molecule has 6 rings (SSSR count). The highest BCUT2D eigenvalue weighted by atomic mass is 16.3. The molecule has 35 heavy (non-hydrogen) atoms. The highest BCUT2D eigenvalue weighted by molar-refractivity contribution is 6.38. The van der Waals surface area contributed by atoms with Crippen molar-refractivity contribution in [3.63, 3.8) is 0 Å². The first-order valence-electron chi connectivity index (χ1n) is 12.8. The molecule has 0 spiro atoms. The fourth-order valence-corrected chi connectivity index (χ4v) is 6.13. The molecule has 3 aromatic rings. The van der Waals surface area contributed by atoms with E-state index in [2.05, 4.69) is 33.0 Å². The lowest BCUT2D eigenvalue weighted by Gasteiger charge is -2.20. The number of imide groups is 1. The van der Waals surface area contributed by atoms with Crippen molar-refractivity contribution in [1.82, 2.24) is 9.88 Å². The van der Waals surface area contributed by atoms with Crippen LogP contribution in [-0.4, -0.2) is 40.7 Å². The first-order valence-corrected chi connectivity index (χ1v) is 12.8. The Morgan fingerprint density at radius 1 is 0.857 bits per heavy atom. The van der Waals surface area contributed by atoms with Gasteiger partial charge in [0, 0.05) is 59.5 Å². The van der Waals surface area contributed by atoms with Gasteiger partial charge < -0.3 is 14.6 Å². The predicted octanol–water partition coefficient (Wildman–Crippen LogP) is 4.37. The second-order valence-corrected chi connectivity index (χ2v) is 10.0. The maximum atomic E-state index is 13.2. The number of nitrogens with zero attached hydrogens (tertiary/aromatic N) is 2. The molecule has 6 heteroatoms. The van der Waals surface area contributed by atoms with Crippen LogP contribution in [0.5, 0.6) is 0 Å². The maximum absolute atomic E-state index is 13.2. The lowest BCUT2D eigenvalue weighted by Crippen LogP contribution is -2.27. The van der Waals surface area contributed by atoms with E-state index >= 15 is 0 Å². The Bertz CT molecular complexity index is 1340. The molecular weight excluding hydrogens is 438 g/mol. The van der Waals surface area contributed by atoms with E-state index in [1.807, 2.05) is 36.5 Å². The Hall–Kier alpha value is -3.38. The van der Waals surface area contributed by atoms with E-state index in [4.69, 9.17) is 0 Å². The third-order valence-electron chi connectivity index (χ3n) is 7.83. The summed E-state index contributed by atoms with van der Waals surface area (Å²) in [4.78, 5) is 28.8. The molecule has 0 aliphatic carbocycles. The van der Waals surface area contributed by atoms with Crippen molar-refractivity contribution in [2.45, 2.75) is 57.1 Å². The summed E-state index contributed by atoms with van der Waals surface area (Å²) in [6, 6.07) is 16.4. The van der Waals surface area contributed by atoms with Gasteiger partial charge >= 0.3 is 0 Å². The fourth-order valence-electron chi connectivity index (χ4n) is 6.13. The second-order valence-electron chi connectivity index (χ2n) is 10.0. The molecule has 4 heterocycles. The number of para-hydroxylation sites is 2. The van der Waals surface area contributed by atoms with Crippen molar-refractivity contribution in [1.29, 1.82) is 0 Å². The zero-order valence-electron chi connectivity index (χ0n) is 19.9. The number of rotatable bonds is 0. The van der Waals surface area contributed by atoms with Gasteiger partial charge in [-0.15, -0.1) is 0 Å². The van der Waals surface area contributed by atoms with Crippen molar-refractivity contribution in [2.75, 3.05) is 18.0 Å². The molecule has 6 nitrogen and oxygen atoms in total. The number of carbonyl (C=O) groups excluding carboxylic acids is 2. The minimum atomic E-state index is -0.301. The molecule has 4 bridgehead atoms. The van der Waals surface area contributed by atoms with E-state index < -0.39 is 0 Å². The molecule has 3 aliphatic heterocycles. The van der Waals surface area contributed by atoms with Gasteiger partial charge in [0.2, 0.25) is 0 Å². The zero-order valence-corrected chi connectivity index (χ0v) is 19.9. The van der Waals surface area contributed by atoms with Crippen LogP contribution in [-0.2, 0) is 16.1 Å². The molecule has 2 amide bonds. The first-order chi connectivity index (χ1) is 17.1. The van der Waals surface area contributed by atoms with E-state index in [1.54, 1.807) is 0 Å². The highest BCUT2D eigenvalue weighted by Crippen LogP contribution is 2.45. The number of fused-ring (bicyclic) bond motifs is 12. The summed E-state index contributed by atoms with van der Waals surface area (Å²) in [7, 11) is 0. The smallest absolute Gasteiger partial charge is 0.259 e. The molecule has 0 saturated carbocycles. The lowest BCUT2D eigenvalue weighted by atomic mass is 9.88. The summed E-state index contributed by atoms with van der Waals surface area (Å²) >= 11 is 0. The lowest BCUT2D eigenvalue weighted by molar-refractivity contribution is -0.123. The highest BCUT2D eigenvalue weighted by Gasteiger charge is 2.41. The molecule has 180 valence electrons. The van der Waals surface area contributed by atoms with Gasteiger partial charge in [0.1, 0.15) is 0 Å². The van der Waals surface area contributed by atoms with Crippen molar-refractivity contribution in [3.8, 4) is 0 Å². The number of hydrogen-bond acceptors (Lipinski definition) is 4. The van der Waals surface area contributed by atoms with Gasteiger partial charge in [-0.25, -0.2) is 0 Å². The average molecular weight is 470 g/mol. The Morgan fingerprint density at radius 2 is 1.60 bits per heavy atom. The van der Waals surface area contributed by atoms with Gasteiger partial charge in [-0.2, -0.15) is 0 Å². The standard InChI is InChI=1S/C29H31N3O3/c33-19-9-5-7-15-31-17-22(20-11-1-3-13-24(20)31)26-27(29(35)30-28(26)34)23-18-32(16-8-6-10-19)25-14-4-2-12-21(23)25/h1-4,11-14,17,19,23,33H,5-10,15-16,18H2,(H,30,34,35). The van der Waals surface area contributed by atoms with Crippen LogP contribution in [0, 0.1) is 0 Å². The van der Waals surface area contributed by atoms with Gasteiger partial charge in [0.25, 0.3) is 11.8 Å². The van der Waals surface area contributed by atoms with Crippen molar-refractivity contribution < 1.29 is 14.7 Å². The normalized spacial score (nSPS) is 23.3. The molecule has 2 atom stereocenters. The summed E-state index contributed by atoms with van der Waals surface area (Å²) in [5.41, 5.74) is 5.25. The van der Waals surface area contributed by atoms with E-state index in [9.17, 15) is 14.7 Å². The summed E-state index contributed by atoms with van der Waals surface area (Å²) in [6.45, 7) is 2.36. The molecular formula is C29H31N3O3. The van der Waals surface area contributed by atoms with E-state index in [-0.39, 0.29) is 23.8 Å². The predicted molar refractivity (Wildman–Crippen MR) is 137 cm³/mol.